The molecule has 0 radical (unpaired) electrons. The van der Waals surface area contributed by atoms with Crippen LogP contribution in [0.2, 0.25) is 20.1 Å². The highest BCUT2D eigenvalue weighted by molar-refractivity contribution is 6.42. The van der Waals surface area contributed by atoms with Crippen molar-refractivity contribution in [3.63, 3.8) is 0 Å². The van der Waals surface area contributed by atoms with Gasteiger partial charge in [-0.3, -0.25) is 4.79 Å². The van der Waals surface area contributed by atoms with E-state index in [4.69, 9.17) is 46.4 Å². The molecule has 0 atom stereocenters. The summed E-state index contributed by atoms with van der Waals surface area (Å²) in [5.41, 5.74) is 0.899. The number of carbonyl (C=O) groups is 1. The maximum absolute atomic E-state index is 12.4. The average Bonchev–Trinajstić information content (AvgIpc) is 2.50. The van der Waals surface area contributed by atoms with E-state index in [1.165, 1.54) is 25.1 Å². The first-order valence-corrected chi connectivity index (χ1v) is 7.67. The van der Waals surface area contributed by atoms with E-state index in [1.807, 2.05) is 0 Å². The number of hydrogen-bond acceptors (Lipinski definition) is 2. The Kier molecular flexibility index (Phi) is 5.41. The Bertz CT molecular complexity index is 782. The van der Waals surface area contributed by atoms with Gasteiger partial charge in [0.1, 0.15) is 5.76 Å². The van der Waals surface area contributed by atoms with Crippen LogP contribution >= 0.6 is 46.4 Å². The molecule has 2 rings (SSSR count). The topological polar surface area (TPSA) is 37.3 Å². The summed E-state index contributed by atoms with van der Waals surface area (Å²) >= 11 is 23.5. The smallest absolute Gasteiger partial charge is 0.192 e. The van der Waals surface area contributed by atoms with E-state index in [1.54, 1.807) is 18.2 Å². The third-order valence-corrected chi connectivity index (χ3v) is 4.55. The normalized spacial score (nSPS) is 12.0. The van der Waals surface area contributed by atoms with Crippen molar-refractivity contribution < 1.29 is 9.90 Å². The first kappa shape index (κ1) is 17.2. The fourth-order valence-electron chi connectivity index (χ4n) is 1.82. The molecule has 0 spiro atoms. The SMILES string of the molecule is CC(C(=O)c1ccc(Cl)c(Cl)c1)=C(O)c1ccc(Cl)c(Cl)c1. The van der Waals surface area contributed by atoms with Gasteiger partial charge in [-0.2, -0.15) is 0 Å². The molecule has 0 aliphatic heterocycles. The molecule has 0 amide bonds. The van der Waals surface area contributed by atoms with E-state index in [-0.39, 0.29) is 22.1 Å². The van der Waals surface area contributed by atoms with Crippen LogP contribution in [-0.4, -0.2) is 10.9 Å². The highest BCUT2D eigenvalue weighted by Gasteiger charge is 2.16. The lowest BCUT2D eigenvalue weighted by molar-refractivity contribution is 0.103. The van der Waals surface area contributed by atoms with Crippen molar-refractivity contribution in [1.29, 1.82) is 0 Å². The van der Waals surface area contributed by atoms with Gasteiger partial charge in [0.15, 0.2) is 5.78 Å². The number of ketones is 1. The van der Waals surface area contributed by atoms with Crippen molar-refractivity contribution in [3.8, 4) is 0 Å². The van der Waals surface area contributed by atoms with Gasteiger partial charge in [0, 0.05) is 16.7 Å². The van der Waals surface area contributed by atoms with Gasteiger partial charge in [0.05, 0.1) is 20.1 Å². The minimum Gasteiger partial charge on any atom is -0.507 e. The number of Topliss-reactive ketones (excluding diaryl/α,β-unsaturated/α-hetero) is 1. The molecule has 6 heteroatoms. The summed E-state index contributed by atoms with van der Waals surface area (Å²) in [5, 5.41) is 11.5. The molecule has 114 valence electrons. The molecule has 1 N–H and O–H groups in total. The molecule has 0 fully saturated rings. The monoisotopic (exact) mass is 374 g/mol. The molecule has 2 aromatic carbocycles. The van der Waals surface area contributed by atoms with E-state index in [2.05, 4.69) is 0 Å². The fourth-order valence-corrected chi connectivity index (χ4v) is 2.42. The summed E-state index contributed by atoms with van der Waals surface area (Å²) in [6.45, 7) is 1.52. The van der Waals surface area contributed by atoms with E-state index in [9.17, 15) is 9.90 Å². The number of rotatable bonds is 3. The molecule has 2 aromatic rings. The predicted octanol–water partition coefficient (Wildman–Crippen LogP) is 6.47. The van der Waals surface area contributed by atoms with Crippen molar-refractivity contribution in [2.75, 3.05) is 0 Å². The predicted molar refractivity (Wildman–Crippen MR) is 92.5 cm³/mol. The zero-order valence-corrected chi connectivity index (χ0v) is 14.4. The van der Waals surface area contributed by atoms with Crippen LogP contribution in [0.15, 0.2) is 42.0 Å². The van der Waals surface area contributed by atoms with Gasteiger partial charge >= 0.3 is 0 Å². The lowest BCUT2D eigenvalue weighted by Gasteiger charge is -2.08. The number of benzene rings is 2. The van der Waals surface area contributed by atoms with E-state index in [0.717, 1.165) is 0 Å². The van der Waals surface area contributed by atoms with Gasteiger partial charge in [-0.25, -0.2) is 0 Å². The number of allylic oxidation sites excluding steroid dienone is 1. The van der Waals surface area contributed by atoms with Gasteiger partial charge in [-0.15, -0.1) is 0 Å². The summed E-state index contributed by atoms with van der Waals surface area (Å²) < 4.78 is 0. The third kappa shape index (κ3) is 3.58. The number of halogens is 4. The first-order chi connectivity index (χ1) is 10.3. The lowest BCUT2D eigenvalue weighted by Crippen LogP contribution is -2.04. The molecule has 0 saturated heterocycles. The zero-order chi connectivity index (χ0) is 16.4. The average molecular weight is 376 g/mol. The second-order valence-electron chi connectivity index (χ2n) is 4.56. The quantitative estimate of drug-likeness (QED) is 0.379. The molecule has 0 aliphatic carbocycles. The van der Waals surface area contributed by atoms with E-state index < -0.39 is 0 Å². The lowest BCUT2D eigenvalue weighted by atomic mass is 10.0. The molecular formula is C16H10Cl4O2. The van der Waals surface area contributed by atoms with Gasteiger partial charge in [0.2, 0.25) is 0 Å². The van der Waals surface area contributed by atoms with Crippen LogP contribution < -0.4 is 0 Å². The van der Waals surface area contributed by atoms with Crippen LogP contribution in [0.5, 0.6) is 0 Å². The molecule has 0 aliphatic rings. The van der Waals surface area contributed by atoms with Gasteiger partial charge in [-0.05, 0) is 43.3 Å². The van der Waals surface area contributed by atoms with Gasteiger partial charge in [-0.1, -0.05) is 46.4 Å². The summed E-state index contributed by atoms with van der Waals surface area (Å²) in [7, 11) is 0. The van der Waals surface area contributed by atoms with Crippen molar-refractivity contribution in [2.24, 2.45) is 0 Å². The third-order valence-electron chi connectivity index (χ3n) is 3.07. The fraction of sp³-hybridized carbons (Fsp3) is 0.0625. The zero-order valence-electron chi connectivity index (χ0n) is 11.3. The molecule has 0 saturated carbocycles. The Labute approximate surface area is 147 Å². The minimum absolute atomic E-state index is 0.164. The summed E-state index contributed by atoms with van der Waals surface area (Å²) in [6.07, 6.45) is 0. The molecule has 2 nitrogen and oxygen atoms in total. The standard InChI is InChI=1S/C16H10Cl4O2/c1-8(15(21)9-2-4-11(17)13(19)6-9)16(22)10-3-5-12(18)14(20)7-10/h2-7,21H,1H3. The molecule has 0 bridgehead atoms. The van der Waals surface area contributed by atoms with Gasteiger partial charge < -0.3 is 5.11 Å². The molecule has 0 aromatic heterocycles. The van der Waals surface area contributed by atoms with Crippen LogP contribution in [0.25, 0.3) is 5.76 Å². The van der Waals surface area contributed by atoms with Crippen molar-refractivity contribution in [2.45, 2.75) is 6.92 Å². The largest absolute Gasteiger partial charge is 0.507 e. The summed E-state index contributed by atoms with van der Waals surface area (Å²) in [6, 6.07) is 9.15. The number of aliphatic hydroxyl groups is 1. The van der Waals surface area contributed by atoms with Crippen molar-refractivity contribution in [3.05, 3.63) is 73.2 Å². The second-order valence-corrected chi connectivity index (χ2v) is 6.19. The number of aliphatic hydroxyl groups excluding tert-OH is 1. The highest BCUT2D eigenvalue weighted by atomic mass is 35.5. The van der Waals surface area contributed by atoms with E-state index >= 15 is 0 Å². The van der Waals surface area contributed by atoms with Crippen LogP contribution in [-0.2, 0) is 0 Å². The molecular weight excluding hydrogens is 366 g/mol. The van der Waals surface area contributed by atoms with Crippen molar-refractivity contribution >= 4 is 57.9 Å². The summed E-state index contributed by atoms with van der Waals surface area (Å²) in [5.74, 6) is -0.531. The van der Waals surface area contributed by atoms with Crippen LogP contribution in [0.3, 0.4) is 0 Å². The molecule has 0 unspecified atom stereocenters. The number of hydrogen-bond donors (Lipinski definition) is 1. The Hall–Kier alpha value is -1.19. The number of carbonyl (C=O) groups excluding carboxylic acids is 1. The Balaban J connectivity index is 2.42. The van der Waals surface area contributed by atoms with E-state index in [0.29, 0.717) is 26.2 Å². The first-order valence-electron chi connectivity index (χ1n) is 6.16. The van der Waals surface area contributed by atoms with Crippen LogP contribution in [0.4, 0.5) is 0 Å². The highest BCUT2D eigenvalue weighted by Crippen LogP contribution is 2.28. The van der Waals surface area contributed by atoms with Crippen LogP contribution in [0, 0.1) is 0 Å². The Morgan fingerprint density at radius 3 is 1.77 bits per heavy atom. The second kappa shape index (κ2) is 6.93. The molecule has 0 heterocycles. The summed E-state index contributed by atoms with van der Waals surface area (Å²) in [4.78, 5) is 12.4. The Morgan fingerprint density at radius 2 is 1.27 bits per heavy atom. The Morgan fingerprint density at radius 1 is 0.818 bits per heavy atom. The molecule has 22 heavy (non-hydrogen) atoms. The van der Waals surface area contributed by atoms with Gasteiger partial charge in [0.25, 0.3) is 0 Å². The van der Waals surface area contributed by atoms with Crippen LogP contribution in [0.1, 0.15) is 22.8 Å². The minimum atomic E-state index is -0.359. The maximum Gasteiger partial charge on any atom is 0.192 e. The maximum atomic E-state index is 12.4. The van der Waals surface area contributed by atoms with Crippen molar-refractivity contribution in [1.82, 2.24) is 0 Å².